The second kappa shape index (κ2) is 9.25. The summed E-state index contributed by atoms with van der Waals surface area (Å²) in [6.45, 7) is 0.0879. The first-order valence-electron chi connectivity index (χ1n) is 9.98. The molecule has 0 radical (unpaired) electrons. The highest BCUT2D eigenvalue weighted by molar-refractivity contribution is 6.34. The van der Waals surface area contributed by atoms with E-state index in [-0.39, 0.29) is 23.0 Å². The molecule has 1 amide bonds. The monoisotopic (exact) mass is 484 g/mol. The highest BCUT2D eigenvalue weighted by Crippen LogP contribution is 2.29. The minimum Gasteiger partial charge on any atom is -0.465 e. The summed E-state index contributed by atoms with van der Waals surface area (Å²) >= 11 is 12.3. The Morgan fingerprint density at radius 1 is 1.03 bits per heavy atom. The summed E-state index contributed by atoms with van der Waals surface area (Å²) in [5.74, 6) is -1.28. The van der Waals surface area contributed by atoms with Gasteiger partial charge < -0.3 is 14.6 Å². The molecule has 4 aromatic rings. The number of aromatic nitrogens is 1. The van der Waals surface area contributed by atoms with Crippen molar-refractivity contribution >= 4 is 46.0 Å². The number of hydrogen-bond acceptors (Lipinski definition) is 3. The predicted octanol–water partition coefficient (Wildman–Crippen LogP) is 6.01. The Morgan fingerprint density at radius 2 is 1.82 bits per heavy atom. The molecule has 0 aliphatic heterocycles. The predicted molar refractivity (Wildman–Crippen MR) is 127 cm³/mol. The molecule has 8 heteroatoms. The number of amides is 1. The highest BCUT2D eigenvalue weighted by atomic mass is 35.5. The molecular formula is C25H19Cl2FN2O3. The van der Waals surface area contributed by atoms with Crippen molar-refractivity contribution in [2.24, 2.45) is 7.05 Å². The van der Waals surface area contributed by atoms with Gasteiger partial charge in [0, 0.05) is 29.5 Å². The lowest BCUT2D eigenvalue weighted by atomic mass is 9.98. The Morgan fingerprint density at radius 3 is 2.55 bits per heavy atom. The molecule has 3 aromatic carbocycles. The van der Waals surface area contributed by atoms with Crippen LogP contribution in [0, 0.1) is 5.82 Å². The second-order valence-corrected chi connectivity index (χ2v) is 8.31. The van der Waals surface area contributed by atoms with Crippen molar-refractivity contribution in [3.05, 3.63) is 93.3 Å². The number of fused-ring (bicyclic) bond motifs is 1. The lowest BCUT2D eigenvalue weighted by Gasteiger charge is -2.13. The lowest BCUT2D eigenvalue weighted by Crippen LogP contribution is -2.25. The number of nitrogens with zero attached hydrogens (tertiary/aromatic N) is 1. The van der Waals surface area contributed by atoms with Gasteiger partial charge >= 0.3 is 5.97 Å². The average molecular weight is 485 g/mol. The van der Waals surface area contributed by atoms with Crippen molar-refractivity contribution in [1.82, 2.24) is 9.88 Å². The van der Waals surface area contributed by atoms with Crippen molar-refractivity contribution in [2.45, 2.75) is 6.54 Å². The van der Waals surface area contributed by atoms with Crippen LogP contribution in [0.2, 0.25) is 10.0 Å². The van der Waals surface area contributed by atoms with Gasteiger partial charge in [-0.15, -0.1) is 0 Å². The SMILES string of the molecule is COC(=O)c1ccc(-c2ccc(F)cc2CNC(=O)c2cc3ccc(Cl)cc3n2C)cc1Cl. The first-order valence-corrected chi connectivity index (χ1v) is 10.7. The zero-order valence-corrected chi connectivity index (χ0v) is 19.3. The van der Waals surface area contributed by atoms with E-state index in [9.17, 15) is 14.0 Å². The molecule has 0 aliphatic rings. The van der Waals surface area contributed by atoms with Gasteiger partial charge in [-0.2, -0.15) is 0 Å². The third-order valence-electron chi connectivity index (χ3n) is 5.43. The summed E-state index contributed by atoms with van der Waals surface area (Å²) in [6.07, 6.45) is 0. The summed E-state index contributed by atoms with van der Waals surface area (Å²) in [4.78, 5) is 24.7. The van der Waals surface area contributed by atoms with Crippen LogP contribution in [0.5, 0.6) is 0 Å². The first kappa shape index (κ1) is 22.8. The Bertz CT molecular complexity index is 1400. The van der Waals surface area contributed by atoms with E-state index in [1.165, 1.54) is 19.2 Å². The van der Waals surface area contributed by atoms with E-state index in [1.54, 1.807) is 54.1 Å². The smallest absolute Gasteiger partial charge is 0.339 e. The maximum absolute atomic E-state index is 14.0. The van der Waals surface area contributed by atoms with Crippen LogP contribution in [0.4, 0.5) is 4.39 Å². The van der Waals surface area contributed by atoms with Crippen molar-refractivity contribution in [3.8, 4) is 11.1 Å². The number of nitrogens with one attached hydrogen (secondary N) is 1. The molecule has 168 valence electrons. The van der Waals surface area contributed by atoms with Gasteiger partial charge in [0.2, 0.25) is 0 Å². The third kappa shape index (κ3) is 4.58. The molecule has 0 fully saturated rings. The summed E-state index contributed by atoms with van der Waals surface area (Å²) in [5, 5.41) is 4.54. The van der Waals surface area contributed by atoms with Crippen LogP contribution in [0.1, 0.15) is 26.4 Å². The molecule has 0 spiro atoms. The molecular weight excluding hydrogens is 466 g/mol. The molecule has 0 saturated carbocycles. The van der Waals surface area contributed by atoms with Gasteiger partial charge in [-0.25, -0.2) is 9.18 Å². The van der Waals surface area contributed by atoms with Crippen LogP contribution in [0.3, 0.4) is 0 Å². The van der Waals surface area contributed by atoms with Gasteiger partial charge in [0.15, 0.2) is 0 Å². The summed E-state index contributed by atoms with van der Waals surface area (Å²) in [7, 11) is 3.06. The van der Waals surface area contributed by atoms with Crippen molar-refractivity contribution in [3.63, 3.8) is 0 Å². The molecule has 5 nitrogen and oxygen atoms in total. The number of carbonyl (C=O) groups excluding carboxylic acids is 2. The topological polar surface area (TPSA) is 60.3 Å². The van der Waals surface area contributed by atoms with Gasteiger partial charge in [0.05, 0.1) is 17.7 Å². The van der Waals surface area contributed by atoms with Crippen LogP contribution >= 0.6 is 23.2 Å². The molecule has 0 unspecified atom stereocenters. The minimum absolute atomic E-state index is 0.0879. The number of carbonyl (C=O) groups is 2. The van der Waals surface area contributed by atoms with Gasteiger partial charge in [-0.3, -0.25) is 4.79 Å². The van der Waals surface area contributed by atoms with Gasteiger partial charge in [0.25, 0.3) is 5.91 Å². The Labute approximate surface area is 199 Å². The van der Waals surface area contributed by atoms with Gasteiger partial charge in [0.1, 0.15) is 11.5 Å². The van der Waals surface area contributed by atoms with E-state index in [4.69, 9.17) is 27.9 Å². The minimum atomic E-state index is -0.547. The quantitative estimate of drug-likeness (QED) is 0.353. The van der Waals surface area contributed by atoms with E-state index in [2.05, 4.69) is 5.32 Å². The van der Waals surface area contributed by atoms with E-state index in [0.717, 1.165) is 10.9 Å². The number of rotatable bonds is 5. The molecule has 0 aliphatic carbocycles. The van der Waals surface area contributed by atoms with Crippen molar-refractivity contribution in [1.29, 1.82) is 0 Å². The Balaban J connectivity index is 1.61. The average Bonchev–Trinajstić information content (AvgIpc) is 3.12. The van der Waals surface area contributed by atoms with Crippen LogP contribution < -0.4 is 5.32 Å². The largest absolute Gasteiger partial charge is 0.465 e. The molecule has 0 atom stereocenters. The third-order valence-corrected chi connectivity index (χ3v) is 5.98. The molecule has 33 heavy (non-hydrogen) atoms. The summed E-state index contributed by atoms with van der Waals surface area (Å²) in [5.41, 5.74) is 3.44. The summed E-state index contributed by atoms with van der Waals surface area (Å²) < 4.78 is 20.5. The molecule has 1 N–H and O–H groups in total. The normalized spacial score (nSPS) is 10.9. The first-order chi connectivity index (χ1) is 15.8. The Hall–Kier alpha value is -3.35. The number of hydrogen-bond donors (Lipinski definition) is 1. The molecule has 1 heterocycles. The Kier molecular flexibility index (Phi) is 6.40. The molecule has 4 rings (SSSR count). The zero-order chi connectivity index (χ0) is 23.7. The van der Waals surface area contributed by atoms with E-state index in [1.807, 2.05) is 6.07 Å². The standard InChI is InChI=1S/C25H19Cl2FN2O3/c1-30-22-12-17(26)5-3-15(22)11-23(30)24(31)29-13-16-9-18(28)6-8-19(16)14-4-7-20(21(27)10-14)25(32)33-2/h3-12H,13H2,1-2H3,(H,29,31). The van der Waals surface area contributed by atoms with E-state index < -0.39 is 11.8 Å². The fraction of sp³-hybridized carbons (Fsp3) is 0.120. The molecule has 0 bridgehead atoms. The lowest BCUT2D eigenvalue weighted by molar-refractivity contribution is 0.0600. The number of halogens is 3. The second-order valence-electron chi connectivity index (χ2n) is 7.46. The zero-order valence-electron chi connectivity index (χ0n) is 17.8. The number of ether oxygens (including phenoxy) is 1. The van der Waals surface area contributed by atoms with Gasteiger partial charge in [-0.1, -0.05) is 41.4 Å². The van der Waals surface area contributed by atoms with Crippen LogP contribution in [-0.2, 0) is 18.3 Å². The number of esters is 1. The fourth-order valence-corrected chi connectivity index (χ4v) is 4.16. The maximum atomic E-state index is 14.0. The maximum Gasteiger partial charge on any atom is 0.339 e. The van der Waals surface area contributed by atoms with Crippen molar-refractivity contribution in [2.75, 3.05) is 7.11 Å². The highest BCUT2D eigenvalue weighted by Gasteiger charge is 2.16. The van der Waals surface area contributed by atoms with E-state index >= 15 is 0 Å². The number of aryl methyl sites for hydroxylation is 1. The summed E-state index contributed by atoms with van der Waals surface area (Å²) in [6, 6.07) is 16.3. The van der Waals surface area contributed by atoms with Gasteiger partial charge in [-0.05, 0) is 59.2 Å². The molecule has 1 aromatic heterocycles. The van der Waals surface area contributed by atoms with Crippen molar-refractivity contribution < 1.29 is 18.7 Å². The van der Waals surface area contributed by atoms with Crippen LogP contribution in [0.25, 0.3) is 22.0 Å². The van der Waals surface area contributed by atoms with Crippen LogP contribution in [-0.4, -0.2) is 23.6 Å². The number of methoxy groups -OCH3 is 1. The van der Waals surface area contributed by atoms with Crippen LogP contribution in [0.15, 0.2) is 60.7 Å². The molecule has 0 saturated heterocycles. The number of benzene rings is 3. The van der Waals surface area contributed by atoms with E-state index in [0.29, 0.717) is 27.4 Å². The fourth-order valence-electron chi connectivity index (χ4n) is 3.74.